The van der Waals surface area contributed by atoms with Crippen molar-refractivity contribution in [2.24, 2.45) is 13.0 Å². The molecule has 0 spiro atoms. The highest BCUT2D eigenvalue weighted by Gasteiger charge is 2.23. The second-order valence-corrected chi connectivity index (χ2v) is 8.95. The van der Waals surface area contributed by atoms with Crippen LogP contribution in [0.2, 0.25) is 0 Å². The number of aryl methyl sites for hydroxylation is 1. The summed E-state index contributed by atoms with van der Waals surface area (Å²) in [5, 5.41) is 4.56. The lowest BCUT2D eigenvalue weighted by molar-refractivity contribution is 0.433. The molecule has 1 aliphatic carbocycles. The number of nitrogens with one attached hydrogen (secondary N) is 1. The first kappa shape index (κ1) is 18.0. The second kappa shape index (κ2) is 7.19. The maximum atomic E-state index is 12.6. The zero-order valence-corrected chi connectivity index (χ0v) is 16.0. The highest BCUT2D eigenvalue weighted by molar-refractivity contribution is 7.92. The van der Waals surface area contributed by atoms with E-state index in [-0.39, 0.29) is 5.03 Å². The molecule has 7 nitrogen and oxygen atoms in total. The van der Waals surface area contributed by atoms with Gasteiger partial charge in [-0.2, -0.15) is 13.5 Å². The lowest BCUT2D eigenvalue weighted by atomic mass is 9.87. The lowest BCUT2D eigenvalue weighted by Gasteiger charge is -2.19. The molecule has 2 aromatic rings. The summed E-state index contributed by atoms with van der Waals surface area (Å²) in [6, 6.07) is 1.86. The molecule has 138 valence electrons. The third kappa shape index (κ3) is 4.23. The Morgan fingerprint density at radius 1 is 1.28 bits per heavy atom. The van der Waals surface area contributed by atoms with E-state index in [4.69, 9.17) is 0 Å². The zero-order chi connectivity index (χ0) is 18.0. The van der Waals surface area contributed by atoms with Crippen molar-refractivity contribution in [3.63, 3.8) is 0 Å². The minimum Gasteiger partial charge on any atom is -0.336 e. The Balaban J connectivity index is 1.76. The smallest absolute Gasteiger partial charge is 0.282 e. The first-order valence-electron chi connectivity index (χ1n) is 8.93. The van der Waals surface area contributed by atoms with Crippen molar-refractivity contribution in [1.82, 2.24) is 19.3 Å². The minimum absolute atomic E-state index is 0.0357. The van der Waals surface area contributed by atoms with Gasteiger partial charge in [-0.3, -0.25) is 9.40 Å². The van der Waals surface area contributed by atoms with Crippen molar-refractivity contribution in [3.8, 4) is 0 Å². The zero-order valence-electron chi connectivity index (χ0n) is 15.1. The van der Waals surface area contributed by atoms with Crippen molar-refractivity contribution < 1.29 is 8.42 Å². The molecule has 0 unspecified atom stereocenters. The van der Waals surface area contributed by atoms with Crippen LogP contribution in [-0.4, -0.2) is 27.7 Å². The summed E-state index contributed by atoms with van der Waals surface area (Å²) < 4.78 is 31.3. The van der Waals surface area contributed by atoms with Gasteiger partial charge in [0.15, 0.2) is 5.03 Å². The largest absolute Gasteiger partial charge is 0.336 e. The normalized spacial score (nSPS) is 16.5. The van der Waals surface area contributed by atoms with Crippen LogP contribution in [0.5, 0.6) is 0 Å². The topological polar surface area (TPSA) is 81.8 Å². The Kier molecular flexibility index (Phi) is 5.17. The quantitative estimate of drug-likeness (QED) is 0.853. The van der Waals surface area contributed by atoms with Crippen LogP contribution in [0.15, 0.2) is 23.6 Å². The van der Waals surface area contributed by atoms with E-state index in [0.717, 1.165) is 25.1 Å². The summed E-state index contributed by atoms with van der Waals surface area (Å²) in [7, 11) is -1.95. The third-order valence-electron chi connectivity index (χ3n) is 4.62. The molecule has 0 saturated heterocycles. The molecular weight excluding hydrogens is 338 g/mol. The van der Waals surface area contributed by atoms with Crippen LogP contribution >= 0.6 is 0 Å². The van der Waals surface area contributed by atoms with E-state index in [0.29, 0.717) is 17.7 Å². The minimum atomic E-state index is -3.71. The molecule has 0 atom stereocenters. The fourth-order valence-electron chi connectivity index (χ4n) is 3.37. The van der Waals surface area contributed by atoms with Crippen molar-refractivity contribution in [3.05, 3.63) is 24.3 Å². The highest BCUT2D eigenvalue weighted by atomic mass is 32.2. The van der Waals surface area contributed by atoms with Crippen molar-refractivity contribution in [1.29, 1.82) is 0 Å². The molecule has 1 aliphatic rings. The number of hydrogen-bond donors (Lipinski definition) is 1. The molecule has 0 amide bonds. The summed E-state index contributed by atoms with van der Waals surface area (Å²) in [5.41, 5.74) is 0.977. The Labute approximate surface area is 149 Å². The number of aromatic nitrogens is 4. The molecule has 3 rings (SSSR count). The summed E-state index contributed by atoms with van der Waals surface area (Å²) >= 11 is 0. The molecule has 1 N–H and O–H groups in total. The standard InChI is InChI=1S/C17H27N5O2S/c1-13(2)10-22-11-17(18-12-22)25(23,24)20-16-9-15(19-21(16)3)14-7-5-4-6-8-14/h9,11-14,20H,4-8,10H2,1-3H3. The van der Waals surface area contributed by atoms with Gasteiger partial charge in [0.25, 0.3) is 10.0 Å². The van der Waals surface area contributed by atoms with Gasteiger partial charge in [-0.15, -0.1) is 0 Å². The van der Waals surface area contributed by atoms with Gasteiger partial charge in [0.2, 0.25) is 0 Å². The van der Waals surface area contributed by atoms with Crippen LogP contribution in [0.3, 0.4) is 0 Å². The molecule has 0 radical (unpaired) electrons. The Morgan fingerprint density at radius 3 is 2.68 bits per heavy atom. The molecule has 0 aromatic carbocycles. The van der Waals surface area contributed by atoms with E-state index < -0.39 is 10.0 Å². The van der Waals surface area contributed by atoms with Gasteiger partial charge in [-0.1, -0.05) is 33.1 Å². The number of anilines is 1. The van der Waals surface area contributed by atoms with E-state index in [1.165, 1.54) is 19.3 Å². The summed E-state index contributed by atoms with van der Waals surface area (Å²) in [5.74, 6) is 1.34. The molecule has 2 aromatic heterocycles. The molecule has 0 aliphatic heterocycles. The Hall–Kier alpha value is -1.83. The van der Waals surface area contributed by atoms with Crippen molar-refractivity contribution >= 4 is 15.8 Å². The highest BCUT2D eigenvalue weighted by Crippen LogP contribution is 2.33. The average molecular weight is 366 g/mol. The average Bonchev–Trinajstić information content (AvgIpc) is 3.15. The van der Waals surface area contributed by atoms with Crippen molar-refractivity contribution in [2.45, 2.75) is 63.4 Å². The van der Waals surface area contributed by atoms with Gasteiger partial charge in [0.05, 0.1) is 12.0 Å². The van der Waals surface area contributed by atoms with Crippen molar-refractivity contribution in [2.75, 3.05) is 4.72 Å². The van der Waals surface area contributed by atoms with E-state index in [1.54, 1.807) is 28.8 Å². The second-order valence-electron chi connectivity index (χ2n) is 7.32. The van der Waals surface area contributed by atoms with Gasteiger partial charge < -0.3 is 4.57 Å². The molecule has 1 fully saturated rings. The van der Waals surface area contributed by atoms with Gasteiger partial charge >= 0.3 is 0 Å². The molecule has 25 heavy (non-hydrogen) atoms. The summed E-state index contributed by atoms with van der Waals surface area (Å²) in [6.07, 6.45) is 9.10. The van der Waals surface area contributed by atoms with Crippen LogP contribution < -0.4 is 4.72 Å². The van der Waals surface area contributed by atoms with Crippen LogP contribution in [0.4, 0.5) is 5.82 Å². The SMILES string of the molecule is CC(C)Cn1cnc(S(=O)(=O)Nc2cc(C3CCCCC3)nn2C)c1. The van der Waals surface area contributed by atoms with Crippen LogP contribution in [0.1, 0.15) is 57.6 Å². The molecule has 1 saturated carbocycles. The number of hydrogen-bond acceptors (Lipinski definition) is 4. The monoisotopic (exact) mass is 365 g/mol. The first-order chi connectivity index (χ1) is 11.8. The fraction of sp³-hybridized carbons (Fsp3) is 0.647. The fourth-order valence-corrected chi connectivity index (χ4v) is 4.40. The number of nitrogens with zero attached hydrogens (tertiary/aromatic N) is 4. The maximum Gasteiger partial charge on any atom is 0.282 e. The van der Waals surface area contributed by atoms with Gasteiger partial charge in [-0.25, -0.2) is 4.98 Å². The maximum absolute atomic E-state index is 12.6. The van der Waals surface area contributed by atoms with Crippen LogP contribution in [-0.2, 0) is 23.6 Å². The number of rotatable bonds is 6. The predicted octanol–water partition coefficient (Wildman–Crippen LogP) is 3.12. The van der Waals surface area contributed by atoms with Gasteiger partial charge in [0, 0.05) is 31.8 Å². The first-order valence-corrected chi connectivity index (χ1v) is 10.4. The predicted molar refractivity (Wildman–Crippen MR) is 96.9 cm³/mol. The summed E-state index contributed by atoms with van der Waals surface area (Å²) in [6.45, 7) is 4.89. The molecule has 2 heterocycles. The van der Waals surface area contributed by atoms with E-state index >= 15 is 0 Å². The van der Waals surface area contributed by atoms with Gasteiger partial charge in [-0.05, 0) is 18.8 Å². The van der Waals surface area contributed by atoms with E-state index in [9.17, 15) is 8.42 Å². The van der Waals surface area contributed by atoms with E-state index in [1.807, 2.05) is 6.07 Å². The van der Waals surface area contributed by atoms with Gasteiger partial charge in [0.1, 0.15) is 5.82 Å². The molecule has 8 heteroatoms. The molecular formula is C17H27N5O2S. The molecule has 0 bridgehead atoms. The third-order valence-corrected chi connectivity index (χ3v) is 5.86. The number of imidazole rings is 1. The van der Waals surface area contributed by atoms with E-state index in [2.05, 4.69) is 28.7 Å². The Morgan fingerprint density at radius 2 is 2.00 bits per heavy atom. The lowest BCUT2D eigenvalue weighted by Crippen LogP contribution is -2.15. The van der Waals surface area contributed by atoms with Crippen LogP contribution in [0, 0.1) is 5.92 Å². The summed E-state index contributed by atoms with van der Waals surface area (Å²) in [4.78, 5) is 4.05. The van der Waals surface area contributed by atoms with Crippen LogP contribution in [0.25, 0.3) is 0 Å². The Bertz CT molecular complexity index is 816. The number of sulfonamides is 1.